The van der Waals surface area contributed by atoms with Crippen LogP contribution in [0.15, 0.2) is 30.3 Å². The Morgan fingerprint density at radius 2 is 2.08 bits per heavy atom. The van der Waals surface area contributed by atoms with Gasteiger partial charge in [0.2, 0.25) is 0 Å². The highest BCUT2D eigenvalue weighted by molar-refractivity contribution is 8.09. The van der Waals surface area contributed by atoms with Crippen LogP contribution in [0.3, 0.4) is 0 Å². The lowest BCUT2D eigenvalue weighted by atomic mass is 10.2. The van der Waals surface area contributed by atoms with Gasteiger partial charge in [-0.2, -0.15) is 0 Å². The van der Waals surface area contributed by atoms with Crippen molar-refractivity contribution in [3.8, 4) is 0 Å². The summed E-state index contributed by atoms with van der Waals surface area (Å²) in [4.78, 5) is 10.0. The van der Waals surface area contributed by atoms with E-state index in [1.54, 1.807) is 0 Å². The van der Waals surface area contributed by atoms with Gasteiger partial charge in [-0.1, -0.05) is 30.3 Å². The average Bonchev–Trinajstić information content (AvgIpc) is 2.05. The molecule has 0 radical (unpaired) electrons. The van der Waals surface area contributed by atoms with Crippen molar-refractivity contribution in [3.63, 3.8) is 0 Å². The predicted octanol–water partition coefficient (Wildman–Crippen LogP) is 2.53. The lowest BCUT2D eigenvalue weighted by Gasteiger charge is -1.98. The molecule has 0 unspecified atom stereocenters. The molecule has 0 aliphatic carbocycles. The van der Waals surface area contributed by atoms with Crippen LogP contribution < -0.4 is 0 Å². The zero-order valence-corrected chi connectivity index (χ0v) is 7.08. The molecule has 0 bridgehead atoms. The molecule has 0 atom stereocenters. The fraction of sp³-hybridized carbons (Fsp3) is 0.125. The van der Waals surface area contributed by atoms with Gasteiger partial charge in [-0.15, -0.1) is 0 Å². The summed E-state index contributed by atoms with van der Waals surface area (Å²) in [6.07, 6.45) is 0. The highest BCUT2D eigenvalue weighted by atomic mass is 32.2. The number of carboxylic acid groups (broad SMARTS) is 1. The van der Waals surface area contributed by atoms with Gasteiger partial charge < -0.3 is 9.29 Å². The zero-order chi connectivity index (χ0) is 8.81. The van der Waals surface area contributed by atoms with Gasteiger partial charge in [-0.3, -0.25) is 0 Å². The van der Waals surface area contributed by atoms with Crippen molar-refractivity contribution < 1.29 is 14.1 Å². The second-order valence-electron chi connectivity index (χ2n) is 2.10. The van der Waals surface area contributed by atoms with Crippen LogP contribution >= 0.6 is 12.0 Å². The van der Waals surface area contributed by atoms with Crippen molar-refractivity contribution in [2.45, 2.75) is 6.61 Å². The Hall–Kier alpha value is -1.00. The van der Waals surface area contributed by atoms with Gasteiger partial charge in [0, 0.05) is 0 Å². The Kier molecular flexibility index (Phi) is 3.63. The molecule has 0 fully saturated rings. The molecule has 1 rings (SSSR count). The number of rotatable bonds is 3. The van der Waals surface area contributed by atoms with Crippen molar-refractivity contribution >= 4 is 17.3 Å². The standard InChI is InChI=1S/C8H8O3S/c9-8(10)12-11-6-7-4-2-1-3-5-7/h1-5H,6H2,(H,9,10). The molecular formula is C8H8O3S. The smallest absolute Gasteiger partial charge is 0.392 e. The first-order valence-electron chi connectivity index (χ1n) is 3.35. The monoisotopic (exact) mass is 184 g/mol. The Labute approximate surface area is 74.6 Å². The Bertz CT molecular complexity index is 248. The largest absolute Gasteiger partial charge is 0.472 e. The second-order valence-corrected chi connectivity index (χ2v) is 2.85. The summed E-state index contributed by atoms with van der Waals surface area (Å²) < 4.78 is 4.80. The minimum Gasteiger partial charge on any atom is -0.472 e. The molecule has 0 aliphatic heterocycles. The molecule has 0 heterocycles. The Balaban J connectivity index is 2.29. The van der Waals surface area contributed by atoms with E-state index in [4.69, 9.17) is 9.29 Å². The van der Waals surface area contributed by atoms with Crippen LogP contribution in [0.2, 0.25) is 0 Å². The summed E-state index contributed by atoms with van der Waals surface area (Å²) in [6.45, 7) is 0.317. The van der Waals surface area contributed by atoms with Crippen molar-refractivity contribution in [1.82, 2.24) is 0 Å². The molecule has 0 saturated heterocycles. The molecule has 4 heteroatoms. The van der Waals surface area contributed by atoms with Crippen molar-refractivity contribution in [2.24, 2.45) is 0 Å². The molecule has 12 heavy (non-hydrogen) atoms. The fourth-order valence-electron chi connectivity index (χ4n) is 0.722. The van der Waals surface area contributed by atoms with E-state index in [1.165, 1.54) is 0 Å². The number of carbonyl (C=O) groups is 1. The summed E-state index contributed by atoms with van der Waals surface area (Å²) in [5.41, 5.74) is 0.964. The van der Waals surface area contributed by atoms with Crippen molar-refractivity contribution in [1.29, 1.82) is 0 Å². The van der Waals surface area contributed by atoms with Crippen molar-refractivity contribution in [3.05, 3.63) is 35.9 Å². The van der Waals surface area contributed by atoms with Crippen LogP contribution in [0.25, 0.3) is 0 Å². The highest BCUT2D eigenvalue weighted by Crippen LogP contribution is 2.08. The van der Waals surface area contributed by atoms with E-state index < -0.39 is 5.30 Å². The summed E-state index contributed by atoms with van der Waals surface area (Å²) in [6, 6.07) is 9.41. The summed E-state index contributed by atoms with van der Waals surface area (Å²) in [5.74, 6) is 0. The molecule has 1 aromatic carbocycles. The van der Waals surface area contributed by atoms with Gasteiger partial charge in [0.1, 0.15) is 12.0 Å². The normalized spacial score (nSPS) is 9.67. The molecule has 0 aromatic heterocycles. The first kappa shape index (κ1) is 9.09. The van der Waals surface area contributed by atoms with E-state index in [9.17, 15) is 4.79 Å². The molecule has 3 nitrogen and oxygen atoms in total. The third kappa shape index (κ3) is 3.41. The maximum Gasteiger partial charge on any atom is 0.392 e. The lowest BCUT2D eigenvalue weighted by Crippen LogP contribution is -1.89. The Morgan fingerprint density at radius 1 is 1.42 bits per heavy atom. The quantitative estimate of drug-likeness (QED) is 0.733. The number of hydrogen-bond donors (Lipinski definition) is 1. The summed E-state index contributed by atoms with van der Waals surface area (Å²) >= 11 is 0.443. The topological polar surface area (TPSA) is 46.5 Å². The minimum absolute atomic E-state index is 0.317. The maximum absolute atomic E-state index is 10.0. The number of benzene rings is 1. The van der Waals surface area contributed by atoms with Crippen LogP contribution in [0.1, 0.15) is 5.56 Å². The van der Waals surface area contributed by atoms with E-state index in [0.29, 0.717) is 18.6 Å². The third-order valence-electron chi connectivity index (χ3n) is 1.20. The molecule has 1 aromatic rings. The third-order valence-corrected chi connectivity index (χ3v) is 1.58. The van der Waals surface area contributed by atoms with Crippen LogP contribution in [0, 0.1) is 0 Å². The second kappa shape index (κ2) is 4.79. The zero-order valence-electron chi connectivity index (χ0n) is 6.27. The van der Waals surface area contributed by atoms with Gasteiger partial charge in [-0.05, 0) is 5.56 Å². The van der Waals surface area contributed by atoms with Gasteiger partial charge in [0.05, 0.1) is 6.61 Å². The first-order valence-corrected chi connectivity index (χ1v) is 4.09. The van der Waals surface area contributed by atoms with E-state index in [2.05, 4.69) is 0 Å². The van der Waals surface area contributed by atoms with E-state index in [0.717, 1.165) is 5.56 Å². The van der Waals surface area contributed by atoms with E-state index in [1.807, 2.05) is 30.3 Å². The molecule has 0 amide bonds. The minimum atomic E-state index is -1.02. The van der Waals surface area contributed by atoms with Gasteiger partial charge in [-0.25, -0.2) is 4.79 Å². The highest BCUT2D eigenvalue weighted by Gasteiger charge is 1.98. The SMILES string of the molecule is O=C(O)SOCc1ccccc1. The first-order chi connectivity index (χ1) is 5.79. The van der Waals surface area contributed by atoms with E-state index in [-0.39, 0.29) is 0 Å². The molecule has 1 N–H and O–H groups in total. The molecule has 0 spiro atoms. The van der Waals surface area contributed by atoms with E-state index >= 15 is 0 Å². The van der Waals surface area contributed by atoms with Crippen LogP contribution in [-0.4, -0.2) is 10.4 Å². The average molecular weight is 184 g/mol. The van der Waals surface area contributed by atoms with Gasteiger partial charge in [0.25, 0.3) is 0 Å². The molecule has 64 valence electrons. The van der Waals surface area contributed by atoms with Gasteiger partial charge in [0.15, 0.2) is 0 Å². The number of hydrogen-bond acceptors (Lipinski definition) is 3. The molecule has 0 saturated carbocycles. The predicted molar refractivity (Wildman–Crippen MR) is 46.8 cm³/mol. The van der Waals surface area contributed by atoms with Crippen LogP contribution in [-0.2, 0) is 10.8 Å². The van der Waals surface area contributed by atoms with Crippen LogP contribution in [0.5, 0.6) is 0 Å². The molecular weight excluding hydrogens is 176 g/mol. The maximum atomic E-state index is 10.0. The van der Waals surface area contributed by atoms with Gasteiger partial charge >= 0.3 is 5.30 Å². The summed E-state index contributed by atoms with van der Waals surface area (Å²) in [5, 5.41) is 7.21. The fourth-order valence-corrected chi connectivity index (χ4v) is 1.02. The van der Waals surface area contributed by atoms with Crippen molar-refractivity contribution in [2.75, 3.05) is 0 Å². The Morgan fingerprint density at radius 3 is 2.67 bits per heavy atom. The summed E-state index contributed by atoms with van der Waals surface area (Å²) in [7, 11) is 0. The lowest BCUT2D eigenvalue weighted by molar-refractivity contribution is 0.218. The molecule has 0 aliphatic rings. The van der Waals surface area contributed by atoms with Crippen LogP contribution in [0.4, 0.5) is 4.79 Å².